The summed E-state index contributed by atoms with van der Waals surface area (Å²) in [5.41, 5.74) is 0.362. The Morgan fingerprint density at radius 2 is 1.70 bits per heavy atom. The maximum absolute atomic E-state index is 12.4. The summed E-state index contributed by atoms with van der Waals surface area (Å²) in [6.07, 6.45) is 0. The zero-order valence-corrected chi connectivity index (χ0v) is 11.3. The number of methoxy groups -OCH3 is 1. The predicted molar refractivity (Wildman–Crippen MR) is 74.8 cm³/mol. The van der Waals surface area contributed by atoms with Crippen molar-refractivity contribution in [3.63, 3.8) is 0 Å². The molecule has 0 aliphatic rings. The summed E-state index contributed by atoms with van der Waals surface area (Å²) in [4.78, 5) is 23.5. The highest BCUT2D eigenvalue weighted by Gasteiger charge is 2.18. The van der Waals surface area contributed by atoms with Crippen LogP contribution >= 0.6 is 11.6 Å². The van der Waals surface area contributed by atoms with Crippen LogP contribution in [-0.4, -0.2) is 24.0 Å². The molecule has 0 bridgehead atoms. The number of ether oxygens (including phenoxy) is 1. The third kappa shape index (κ3) is 2.81. The molecule has 0 fully saturated rings. The van der Waals surface area contributed by atoms with Gasteiger partial charge < -0.3 is 9.84 Å². The molecular formula is C15H11ClO4. The van der Waals surface area contributed by atoms with Crippen LogP contribution in [0.1, 0.15) is 26.3 Å². The highest BCUT2D eigenvalue weighted by molar-refractivity contribution is 6.31. The lowest BCUT2D eigenvalue weighted by atomic mass is 9.98. The zero-order valence-electron chi connectivity index (χ0n) is 10.6. The van der Waals surface area contributed by atoms with Crippen molar-refractivity contribution in [1.82, 2.24) is 0 Å². The molecule has 2 rings (SSSR count). The summed E-state index contributed by atoms with van der Waals surface area (Å²) < 4.78 is 5.01. The third-order valence-electron chi connectivity index (χ3n) is 2.81. The van der Waals surface area contributed by atoms with Gasteiger partial charge in [0.25, 0.3) is 0 Å². The molecule has 0 aliphatic carbocycles. The Morgan fingerprint density at radius 3 is 2.25 bits per heavy atom. The van der Waals surface area contributed by atoms with Gasteiger partial charge in [-0.1, -0.05) is 11.6 Å². The summed E-state index contributed by atoms with van der Waals surface area (Å²) in [7, 11) is 1.52. The molecule has 1 N–H and O–H groups in total. The number of carbonyl (C=O) groups is 2. The maximum Gasteiger partial charge on any atom is 0.336 e. The molecule has 0 saturated heterocycles. The molecule has 0 unspecified atom stereocenters. The van der Waals surface area contributed by atoms with E-state index in [9.17, 15) is 9.59 Å². The number of carboxylic acids is 1. The minimum atomic E-state index is -1.17. The zero-order chi connectivity index (χ0) is 14.7. The molecule has 102 valence electrons. The molecule has 5 heteroatoms. The van der Waals surface area contributed by atoms with Crippen LogP contribution < -0.4 is 4.74 Å². The minimum absolute atomic E-state index is 0.0650. The summed E-state index contributed by atoms with van der Waals surface area (Å²) in [6, 6.07) is 10.5. The fraction of sp³-hybridized carbons (Fsp3) is 0.0667. The first kappa shape index (κ1) is 14.1. The highest BCUT2D eigenvalue weighted by Crippen LogP contribution is 2.21. The first-order valence-electron chi connectivity index (χ1n) is 5.74. The second-order valence-corrected chi connectivity index (χ2v) is 4.49. The van der Waals surface area contributed by atoms with Gasteiger partial charge in [0, 0.05) is 16.1 Å². The van der Waals surface area contributed by atoms with Gasteiger partial charge in [0.05, 0.1) is 12.7 Å². The molecule has 0 radical (unpaired) electrons. The van der Waals surface area contributed by atoms with Crippen LogP contribution in [-0.2, 0) is 0 Å². The van der Waals surface area contributed by atoms with Crippen LogP contribution in [0.5, 0.6) is 5.75 Å². The Balaban J connectivity index is 2.46. The minimum Gasteiger partial charge on any atom is -0.497 e. The van der Waals surface area contributed by atoms with Crippen molar-refractivity contribution in [3.8, 4) is 5.75 Å². The molecule has 20 heavy (non-hydrogen) atoms. The summed E-state index contributed by atoms with van der Waals surface area (Å²) in [5, 5.41) is 9.43. The van der Waals surface area contributed by atoms with E-state index in [0.29, 0.717) is 16.3 Å². The lowest BCUT2D eigenvalue weighted by Gasteiger charge is -2.07. The summed E-state index contributed by atoms with van der Waals surface area (Å²) in [6.45, 7) is 0. The number of hydrogen-bond donors (Lipinski definition) is 1. The molecule has 0 aliphatic heterocycles. The number of carbonyl (C=O) groups excluding carboxylic acids is 1. The Morgan fingerprint density at radius 1 is 1.05 bits per heavy atom. The van der Waals surface area contributed by atoms with Crippen molar-refractivity contribution < 1.29 is 19.4 Å². The van der Waals surface area contributed by atoms with E-state index in [1.807, 2.05) is 0 Å². The molecule has 0 amide bonds. The van der Waals surface area contributed by atoms with E-state index in [0.717, 1.165) is 0 Å². The van der Waals surface area contributed by atoms with Gasteiger partial charge in [0.15, 0.2) is 5.78 Å². The first-order valence-corrected chi connectivity index (χ1v) is 6.12. The topological polar surface area (TPSA) is 63.6 Å². The van der Waals surface area contributed by atoms with Gasteiger partial charge in [-0.3, -0.25) is 4.79 Å². The van der Waals surface area contributed by atoms with Gasteiger partial charge >= 0.3 is 5.97 Å². The van der Waals surface area contributed by atoms with Gasteiger partial charge in [0.2, 0.25) is 0 Å². The molecule has 4 nitrogen and oxygen atoms in total. The fourth-order valence-corrected chi connectivity index (χ4v) is 1.96. The van der Waals surface area contributed by atoms with Crippen LogP contribution in [0.4, 0.5) is 0 Å². The quantitative estimate of drug-likeness (QED) is 0.878. The van der Waals surface area contributed by atoms with Crippen molar-refractivity contribution in [2.75, 3.05) is 7.11 Å². The van der Waals surface area contributed by atoms with E-state index in [1.54, 1.807) is 24.3 Å². The van der Waals surface area contributed by atoms with Gasteiger partial charge in [-0.15, -0.1) is 0 Å². The molecule has 2 aromatic carbocycles. The normalized spacial score (nSPS) is 10.1. The highest BCUT2D eigenvalue weighted by atomic mass is 35.5. The lowest BCUT2D eigenvalue weighted by Crippen LogP contribution is -2.09. The molecule has 0 spiro atoms. The number of hydrogen-bond acceptors (Lipinski definition) is 3. The van der Waals surface area contributed by atoms with Gasteiger partial charge in [-0.2, -0.15) is 0 Å². The largest absolute Gasteiger partial charge is 0.497 e. The standard InChI is InChI=1S/C15H11ClO4/c1-20-11-5-2-9(3-6-11)14(17)13-8-10(16)4-7-12(13)15(18)19/h2-8H,1H3,(H,18,19). The van der Waals surface area contributed by atoms with Crippen LogP contribution in [0.15, 0.2) is 42.5 Å². The Labute approximate surface area is 120 Å². The van der Waals surface area contributed by atoms with Crippen LogP contribution in [0.2, 0.25) is 5.02 Å². The molecule has 2 aromatic rings. The van der Waals surface area contributed by atoms with Crippen molar-refractivity contribution in [2.45, 2.75) is 0 Å². The van der Waals surface area contributed by atoms with Crippen molar-refractivity contribution in [3.05, 3.63) is 64.2 Å². The predicted octanol–water partition coefficient (Wildman–Crippen LogP) is 3.28. The number of carboxylic acid groups (broad SMARTS) is 1. The number of aromatic carboxylic acids is 1. The fourth-order valence-electron chi connectivity index (χ4n) is 1.79. The van der Waals surface area contributed by atoms with Crippen molar-refractivity contribution in [2.24, 2.45) is 0 Å². The van der Waals surface area contributed by atoms with Gasteiger partial charge in [-0.05, 0) is 42.5 Å². The number of halogens is 1. The third-order valence-corrected chi connectivity index (χ3v) is 3.04. The van der Waals surface area contributed by atoms with Crippen molar-refractivity contribution in [1.29, 1.82) is 0 Å². The lowest BCUT2D eigenvalue weighted by molar-refractivity contribution is 0.0693. The van der Waals surface area contributed by atoms with E-state index in [1.165, 1.54) is 25.3 Å². The summed E-state index contributed by atoms with van der Waals surface area (Å²) >= 11 is 5.84. The number of benzene rings is 2. The van der Waals surface area contributed by atoms with Crippen molar-refractivity contribution >= 4 is 23.4 Å². The Kier molecular flexibility index (Phi) is 4.05. The molecule has 0 atom stereocenters. The van der Waals surface area contributed by atoms with Crippen LogP contribution in [0, 0.1) is 0 Å². The molecular weight excluding hydrogens is 280 g/mol. The number of ketones is 1. The van der Waals surface area contributed by atoms with Crippen LogP contribution in [0.3, 0.4) is 0 Å². The average Bonchev–Trinajstić information content (AvgIpc) is 2.46. The van der Waals surface area contributed by atoms with Gasteiger partial charge in [-0.25, -0.2) is 4.79 Å². The van der Waals surface area contributed by atoms with E-state index in [2.05, 4.69) is 0 Å². The molecule has 0 aromatic heterocycles. The second kappa shape index (κ2) is 5.75. The first-order chi connectivity index (χ1) is 9.52. The van der Waals surface area contributed by atoms with E-state index >= 15 is 0 Å². The number of rotatable bonds is 4. The van der Waals surface area contributed by atoms with E-state index in [4.69, 9.17) is 21.4 Å². The summed E-state index contributed by atoms with van der Waals surface area (Å²) in [5.74, 6) is -0.947. The molecule has 0 heterocycles. The average molecular weight is 291 g/mol. The van der Waals surface area contributed by atoms with E-state index in [-0.39, 0.29) is 11.1 Å². The van der Waals surface area contributed by atoms with E-state index < -0.39 is 11.8 Å². The Hall–Kier alpha value is -2.33. The van der Waals surface area contributed by atoms with Gasteiger partial charge in [0.1, 0.15) is 5.75 Å². The second-order valence-electron chi connectivity index (χ2n) is 4.05. The maximum atomic E-state index is 12.4. The molecule has 0 saturated carbocycles. The van der Waals surface area contributed by atoms with Crippen LogP contribution in [0.25, 0.3) is 0 Å². The monoisotopic (exact) mass is 290 g/mol. The smallest absolute Gasteiger partial charge is 0.336 e. The Bertz CT molecular complexity index is 662. The SMILES string of the molecule is COc1ccc(C(=O)c2cc(Cl)ccc2C(=O)O)cc1.